The first-order valence-electron chi connectivity index (χ1n) is 9.21. The van der Waals surface area contributed by atoms with E-state index < -0.39 is 22.0 Å². The highest BCUT2D eigenvalue weighted by Gasteiger charge is 2.21. The third kappa shape index (κ3) is 4.78. The maximum Gasteiger partial charge on any atom is 0.150 e. The zero-order valence-corrected chi connectivity index (χ0v) is 17.7. The number of anilines is 2. The minimum Gasteiger partial charge on any atom is -0.367 e. The number of benzene rings is 2. The molecule has 0 saturated carbocycles. The second-order valence-electron chi connectivity index (χ2n) is 6.96. The molecule has 0 amide bonds. The van der Waals surface area contributed by atoms with Gasteiger partial charge in [0.1, 0.15) is 22.0 Å². The fraction of sp³-hybridized carbons (Fsp3) is 0.400. The molecule has 2 aromatic carbocycles. The predicted octanol–water partition coefficient (Wildman–Crippen LogP) is 3.78. The van der Waals surface area contributed by atoms with Crippen molar-refractivity contribution in [3.8, 4) is 0 Å². The van der Waals surface area contributed by atoms with Crippen LogP contribution in [-0.2, 0) is 22.0 Å². The van der Waals surface area contributed by atoms with Gasteiger partial charge in [-0.1, -0.05) is 18.2 Å². The van der Waals surface area contributed by atoms with Crippen molar-refractivity contribution >= 4 is 33.3 Å². The normalized spacial score (nSPS) is 19.7. The van der Waals surface area contributed by atoms with Gasteiger partial charge in [0.25, 0.3) is 0 Å². The van der Waals surface area contributed by atoms with Crippen molar-refractivity contribution in [2.24, 2.45) is 0 Å². The lowest BCUT2D eigenvalue weighted by atomic mass is 10.0. The minimum atomic E-state index is -1.43. The van der Waals surface area contributed by atoms with Crippen molar-refractivity contribution < 1.29 is 8.42 Å². The number of rotatable bonds is 6. The van der Waals surface area contributed by atoms with Crippen LogP contribution in [0.4, 0.5) is 11.4 Å². The molecule has 1 heterocycles. The second-order valence-corrected chi connectivity index (χ2v) is 9.88. The van der Waals surface area contributed by atoms with Crippen molar-refractivity contribution in [3.63, 3.8) is 0 Å². The van der Waals surface area contributed by atoms with Crippen LogP contribution in [0.3, 0.4) is 0 Å². The van der Waals surface area contributed by atoms with Gasteiger partial charge in [-0.3, -0.25) is 4.72 Å². The van der Waals surface area contributed by atoms with Gasteiger partial charge in [-0.15, -0.1) is 0 Å². The number of hydrogen-bond donors (Lipinski definition) is 1. The highest BCUT2D eigenvalue weighted by molar-refractivity contribution is 7.86. The summed E-state index contributed by atoms with van der Waals surface area (Å²) in [4.78, 5) is 3.65. The van der Waals surface area contributed by atoms with Crippen molar-refractivity contribution in [2.75, 3.05) is 30.3 Å². The smallest absolute Gasteiger partial charge is 0.150 e. The van der Waals surface area contributed by atoms with Crippen molar-refractivity contribution in [3.05, 3.63) is 48.5 Å². The molecule has 0 radical (unpaired) electrons. The van der Waals surface area contributed by atoms with E-state index in [4.69, 9.17) is 0 Å². The molecule has 0 aliphatic carbocycles. The van der Waals surface area contributed by atoms with Gasteiger partial charge in [-0.25, -0.2) is 12.7 Å². The summed E-state index contributed by atoms with van der Waals surface area (Å²) in [5.74, 6) is 0. The molecule has 3 unspecified atom stereocenters. The van der Waals surface area contributed by atoms with Crippen molar-refractivity contribution in [2.45, 2.75) is 42.0 Å². The van der Waals surface area contributed by atoms with Gasteiger partial charge in [-0.2, -0.15) is 0 Å². The Morgan fingerprint density at radius 1 is 1.04 bits per heavy atom. The molecule has 0 bridgehead atoms. The largest absolute Gasteiger partial charge is 0.367 e. The van der Waals surface area contributed by atoms with Gasteiger partial charge in [0, 0.05) is 12.6 Å². The molecule has 1 fully saturated rings. The third-order valence-electron chi connectivity index (χ3n) is 4.77. The predicted molar refractivity (Wildman–Crippen MR) is 114 cm³/mol. The van der Waals surface area contributed by atoms with E-state index in [2.05, 4.69) is 22.6 Å². The van der Waals surface area contributed by atoms with Crippen LogP contribution in [0.2, 0.25) is 0 Å². The lowest BCUT2D eigenvalue weighted by Gasteiger charge is -2.36. The van der Waals surface area contributed by atoms with E-state index in [0.717, 1.165) is 17.9 Å². The van der Waals surface area contributed by atoms with Crippen LogP contribution >= 0.6 is 0 Å². The summed E-state index contributed by atoms with van der Waals surface area (Å²) in [6, 6.07) is 15.6. The van der Waals surface area contributed by atoms with Crippen LogP contribution in [0.25, 0.3) is 0 Å². The summed E-state index contributed by atoms with van der Waals surface area (Å²) in [6.45, 7) is 3.26. The van der Waals surface area contributed by atoms with E-state index in [1.807, 2.05) is 18.2 Å². The molecule has 3 rings (SSSR count). The van der Waals surface area contributed by atoms with E-state index in [1.165, 1.54) is 19.3 Å². The summed E-state index contributed by atoms with van der Waals surface area (Å²) >= 11 is 0. The summed E-state index contributed by atoms with van der Waals surface area (Å²) in [6.07, 6.45) is 3.62. The summed E-state index contributed by atoms with van der Waals surface area (Å²) < 4.78 is 30.0. The van der Waals surface area contributed by atoms with Crippen LogP contribution in [0.1, 0.15) is 26.2 Å². The summed E-state index contributed by atoms with van der Waals surface area (Å²) in [5.41, 5.74) is 1.95. The van der Waals surface area contributed by atoms with Crippen LogP contribution < -0.4 is 9.62 Å². The first-order chi connectivity index (χ1) is 13.0. The number of hydrogen-bond acceptors (Lipinski definition) is 3. The molecule has 7 heteroatoms. The maximum atomic E-state index is 12.9. The molecule has 1 N–H and O–H groups in total. The Morgan fingerprint density at radius 2 is 1.78 bits per heavy atom. The Morgan fingerprint density at radius 3 is 2.52 bits per heavy atom. The van der Waals surface area contributed by atoms with Gasteiger partial charge < -0.3 is 4.90 Å². The van der Waals surface area contributed by atoms with Crippen LogP contribution in [0, 0.1) is 0 Å². The van der Waals surface area contributed by atoms with Crippen LogP contribution in [0.5, 0.6) is 0 Å². The first-order valence-corrected chi connectivity index (χ1v) is 11.5. The molecule has 5 nitrogen and oxygen atoms in total. The van der Waals surface area contributed by atoms with E-state index in [-0.39, 0.29) is 0 Å². The molecule has 0 spiro atoms. The first kappa shape index (κ1) is 20.0. The Kier molecular flexibility index (Phi) is 6.68. The molecule has 2 aromatic rings. The van der Waals surface area contributed by atoms with Crippen molar-refractivity contribution in [1.29, 1.82) is 0 Å². The monoisotopic (exact) mass is 405 g/mol. The minimum absolute atomic E-state index is 0.473. The van der Waals surface area contributed by atoms with Gasteiger partial charge in [0.05, 0.1) is 21.2 Å². The lowest BCUT2D eigenvalue weighted by Crippen LogP contribution is -2.37. The molecular formula is C20H27N3O2S2. The number of nitrogens with one attached hydrogen (secondary N) is 1. The molecule has 1 aliphatic rings. The Labute approximate surface area is 166 Å². The third-order valence-corrected chi connectivity index (χ3v) is 7.18. The number of para-hydroxylation sites is 2. The van der Waals surface area contributed by atoms with Gasteiger partial charge >= 0.3 is 0 Å². The second kappa shape index (κ2) is 8.99. The average Bonchev–Trinajstić information content (AvgIpc) is 2.68. The average molecular weight is 406 g/mol. The maximum absolute atomic E-state index is 12.9. The zero-order chi connectivity index (χ0) is 19.4. The Hall–Kier alpha value is -1.70. The SMILES string of the molecule is CC1CCCCN1c1ccccc1NS(=O)c1cccc(S(=O)N(C)C)c1. The van der Waals surface area contributed by atoms with Crippen LogP contribution in [-0.4, -0.2) is 39.4 Å². The molecule has 3 atom stereocenters. The Bertz CT molecular complexity index is 841. The standard InChI is InChI=1S/C20H27N3O2S2/c1-16-9-6-7-14-23(16)20-13-5-4-12-19(20)21-26(24)17-10-8-11-18(15-17)27(25)22(2)3/h4-5,8,10-13,15-16,21H,6-7,9,14H2,1-3H3. The zero-order valence-electron chi connectivity index (χ0n) is 16.1. The van der Waals surface area contributed by atoms with Gasteiger partial charge in [0.15, 0.2) is 0 Å². The summed E-state index contributed by atoms with van der Waals surface area (Å²) in [7, 11) is 0.827. The molecular weight excluding hydrogens is 378 g/mol. The molecule has 0 aromatic heterocycles. The van der Waals surface area contributed by atoms with E-state index in [0.29, 0.717) is 15.8 Å². The number of nitrogens with zero attached hydrogens (tertiary/aromatic N) is 2. The van der Waals surface area contributed by atoms with Gasteiger partial charge in [-0.05, 0) is 70.6 Å². The Balaban J connectivity index is 1.83. The highest BCUT2D eigenvalue weighted by Crippen LogP contribution is 2.32. The molecule has 27 heavy (non-hydrogen) atoms. The van der Waals surface area contributed by atoms with Gasteiger partial charge in [0.2, 0.25) is 0 Å². The highest BCUT2D eigenvalue weighted by atomic mass is 32.2. The fourth-order valence-corrected chi connectivity index (χ4v) is 5.18. The van der Waals surface area contributed by atoms with Crippen molar-refractivity contribution in [1.82, 2.24) is 4.31 Å². The van der Waals surface area contributed by atoms with E-state index >= 15 is 0 Å². The molecule has 1 saturated heterocycles. The van der Waals surface area contributed by atoms with E-state index in [9.17, 15) is 8.42 Å². The van der Waals surface area contributed by atoms with Crippen LogP contribution in [0.15, 0.2) is 58.3 Å². The molecule has 1 aliphatic heterocycles. The quantitative estimate of drug-likeness (QED) is 0.796. The summed E-state index contributed by atoms with van der Waals surface area (Å²) in [5, 5.41) is 0. The molecule has 146 valence electrons. The topological polar surface area (TPSA) is 52.7 Å². The van der Waals surface area contributed by atoms with E-state index in [1.54, 1.807) is 42.7 Å². The fourth-order valence-electron chi connectivity index (χ4n) is 3.33. The number of piperidine rings is 1. The lowest BCUT2D eigenvalue weighted by molar-refractivity contribution is 0.485.